The predicted molar refractivity (Wildman–Crippen MR) is 106 cm³/mol. The zero-order valence-corrected chi connectivity index (χ0v) is 15.6. The number of para-hydroxylation sites is 2. The number of phenolic OH excluding ortho intramolecular Hbond substituents is 1. The van der Waals surface area contributed by atoms with Crippen molar-refractivity contribution in [1.29, 1.82) is 0 Å². The number of thiocarbonyl (C=S) groups is 1. The normalized spacial score (nSPS) is 14.3. The molecule has 1 aliphatic heterocycles. The summed E-state index contributed by atoms with van der Waals surface area (Å²) >= 11 is 5.35. The SMILES string of the molecule is COc1ccccc1NC(=S)NNC1=CC(C)(C)Oc2ccc(O)cc21. The van der Waals surface area contributed by atoms with E-state index < -0.39 is 5.60 Å². The number of anilines is 1. The third kappa shape index (κ3) is 4.00. The van der Waals surface area contributed by atoms with Gasteiger partial charge in [0.1, 0.15) is 22.8 Å². The summed E-state index contributed by atoms with van der Waals surface area (Å²) in [6.07, 6.45) is 1.92. The van der Waals surface area contributed by atoms with Gasteiger partial charge in [-0.3, -0.25) is 10.9 Å². The molecule has 0 atom stereocenters. The number of methoxy groups -OCH3 is 1. The van der Waals surface area contributed by atoms with Gasteiger partial charge >= 0.3 is 0 Å². The Morgan fingerprint density at radius 1 is 1.19 bits per heavy atom. The highest BCUT2D eigenvalue weighted by Crippen LogP contribution is 2.36. The molecule has 7 heteroatoms. The molecule has 6 nitrogen and oxygen atoms in total. The molecule has 0 aromatic heterocycles. The highest BCUT2D eigenvalue weighted by atomic mass is 32.1. The molecule has 2 aromatic carbocycles. The second kappa shape index (κ2) is 7.13. The van der Waals surface area contributed by atoms with Gasteiger partial charge in [-0.05, 0) is 62.5 Å². The monoisotopic (exact) mass is 371 g/mol. The van der Waals surface area contributed by atoms with Crippen LogP contribution in [0.25, 0.3) is 5.70 Å². The van der Waals surface area contributed by atoms with Crippen molar-refractivity contribution in [3.8, 4) is 17.2 Å². The third-order valence-corrected chi connectivity index (χ3v) is 3.99. The van der Waals surface area contributed by atoms with Gasteiger partial charge in [-0.15, -0.1) is 0 Å². The van der Waals surface area contributed by atoms with Crippen LogP contribution in [0.2, 0.25) is 0 Å². The summed E-state index contributed by atoms with van der Waals surface area (Å²) in [5, 5.41) is 13.2. The molecule has 1 heterocycles. The van der Waals surface area contributed by atoms with Crippen molar-refractivity contribution < 1.29 is 14.6 Å². The van der Waals surface area contributed by atoms with E-state index in [0.717, 1.165) is 16.9 Å². The second-order valence-corrected chi connectivity index (χ2v) is 6.76. The summed E-state index contributed by atoms with van der Waals surface area (Å²) in [6.45, 7) is 3.91. The average molecular weight is 371 g/mol. The van der Waals surface area contributed by atoms with Gasteiger partial charge in [-0.2, -0.15) is 0 Å². The number of hydrogen-bond donors (Lipinski definition) is 4. The maximum atomic E-state index is 9.78. The molecule has 26 heavy (non-hydrogen) atoms. The largest absolute Gasteiger partial charge is 0.508 e. The Balaban J connectivity index is 1.73. The number of ether oxygens (including phenoxy) is 2. The Morgan fingerprint density at radius 3 is 2.73 bits per heavy atom. The van der Waals surface area contributed by atoms with Crippen molar-refractivity contribution >= 4 is 28.7 Å². The van der Waals surface area contributed by atoms with E-state index in [-0.39, 0.29) is 5.75 Å². The topological polar surface area (TPSA) is 74.8 Å². The van der Waals surface area contributed by atoms with Crippen LogP contribution in [0.4, 0.5) is 5.69 Å². The fourth-order valence-electron chi connectivity index (χ4n) is 2.68. The van der Waals surface area contributed by atoms with Crippen molar-refractivity contribution in [1.82, 2.24) is 10.9 Å². The van der Waals surface area contributed by atoms with Gasteiger partial charge in [0.25, 0.3) is 0 Å². The summed E-state index contributed by atoms with van der Waals surface area (Å²) in [5.74, 6) is 1.54. The van der Waals surface area contributed by atoms with Crippen molar-refractivity contribution in [2.24, 2.45) is 0 Å². The Morgan fingerprint density at radius 2 is 1.96 bits per heavy atom. The smallest absolute Gasteiger partial charge is 0.189 e. The van der Waals surface area contributed by atoms with E-state index in [1.54, 1.807) is 25.3 Å². The Hall–Kier alpha value is -2.93. The first-order valence-electron chi connectivity index (χ1n) is 8.09. The molecule has 0 fully saturated rings. The molecule has 0 spiro atoms. The van der Waals surface area contributed by atoms with Gasteiger partial charge < -0.3 is 19.9 Å². The lowest BCUT2D eigenvalue weighted by atomic mass is 9.99. The zero-order chi connectivity index (χ0) is 18.7. The lowest BCUT2D eigenvalue weighted by Gasteiger charge is -2.31. The summed E-state index contributed by atoms with van der Waals surface area (Å²) in [6, 6.07) is 12.5. The predicted octanol–water partition coefficient (Wildman–Crippen LogP) is 3.40. The molecule has 0 unspecified atom stereocenters. The number of benzene rings is 2. The lowest BCUT2D eigenvalue weighted by Crippen LogP contribution is -2.41. The molecule has 0 amide bonds. The number of aromatic hydroxyl groups is 1. The Kier molecular flexibility index (Phi) is 4.90. The van der Waals surface area contributed by atoms with Crippen LogP contribution in [0, 0.1) is 0 Å². The number of rotatable bonds is 4. The molecular formula is C19H21N3O3S. The quantitative estimate of drug-likeness (QED) is 0.485. The average Bonchev–Trinajstić information content (AvgIpc) is 2.60. The van der Waals surface area contributed by atoms with Crippen molar-refractivity contribution in [3.05, 3.63) is 54.1 Å². The molecule has 4 N–H and O–H groups in total. The van der Waals surface area contributed by atoms with Crippen molar-refractivity contribution in [3.63, 3.8) is 0 Å². The van der Waals surface area contributed by atoms with E-state index in [2.05, 4.69) is 16.2 Å². The molecule has 0 bridgehead atoms. The Bertz CT molecular complexity index is 865. The standard InChI is InChI=1S/C19H21N3O3S/c1-19(2)11-15(13-10-12(23)8-9-16(13)25-19)21-22-18(26)20-14-6-4-5-7-17(14)24-3/h4-11,21,23H,1-3H3,(H2,20,22,26). The molecule has 0 radical (unpaired) electrons. The third-order valence-electron chi connectivity index (χ3n) is 3.78. The molecular weight excluding hydrogens is 350 g/mol. The van der Waals surface area contributed by atoms with Crippen molar-refractivity contribution in [2.45, 2.75) is 19.4 Å². The van der Waals surface area contributed by atoms with Crippen LogP contribution in [0.3, 0.4) is 0 Å². The van der Waals surface area contributed by atoms with E-state index in [1.165, 1.54) is 0 Å². The van der Waals surface area contributed by atoms with Crippen LogP contribution in [-0.4, -0.2) is 22.9 Å². The van der Waals surface area contributed by atoms with Gasteiger partial charge in [0.15, 0.2) is 5.11 Å². The van der Waals surface area contributed by atoms with Gasteiger partial charge in [-0.25, -0.2) is 0 Å². The van der Waals surface area contributed by atoms with E-state index in [0.29, 0.717) is 16.6 Å². The van der Waals surface area contributed by atoms with Crippen LogP contribution >= 0.6 is 12.2 Å². The number of hydrogen-bond acceptors (Lipinski definition) is 5. The van der Waals surface area contributed by atoms with E-state index in [4.69, 9.17) is 21.7 Å². The second-order valence-electron chi connectivity index (χ2n) is 6.35. The minimum absolute atomic E-state index is 0.162. The molecule has 3 rings (SSSR count). The number of hydrazine groups is 1. The first kappa shape index (κ1) is 17.9. The van der Waals surface area contributed by atoms with E-state index in [9.17, 15) is 5.11 Å². The fourth-order valence-corrected chi connectivity index (χ4v) is 2.85. The lowest BCUT2D eigenvalue weighted by molar-refractivity contribution is 0.157. The highest BCUT2D eigenvalue weighted by molar-refractivity contribution is 7.80. The van der Waals surface area contributed by atoms with E-state index in [1.807, 2.05) is 44.2 Å². The van der Waals surface area contributed by atoms with Crippen molar-refractivity contribution in [2.75, 3.05) is 12.4 Å². The van der Waals surface area contributed by atoms with E-state index >= 15 is 0 Å². The number of nitrogens with one attached hydrogen (secondary N) is 3. The number of fused-ring (bicyclic) bond motifs is 1. The summed E-state index contributed by atoms with van der Waals surface area (Å²) in [7, 11) is 1.60. The maximum absolute atomic E-state index is 9.78. The van der Waals surface area contributed by atoms with Crippen LogP contribution in [-0.2, 0) is 0 Å². The summed E-state index contributed by atoms with van der Waals surface area (Å²) in [5.41, 5.74) is 7.82. The van der Waals surface area contributed by atoms with Crippen LogP contribution < -0.4 is 25.6 Å². The first-order chi connectivity index (χ1) is 12.4. The minimum atomic E-state index is -0.494. The first-order valence-corrected chi connectivity index (χ1v) is 8.50. The minimum Gasteiger partial charge on any atom is -0.508 e. The molecule has 2 aromatic rings. The molecule has 0 aliphatic carbocycles. The van der Waals surface area contributed by atoms with Crippen LogP contribution in [0.5, 0.6) is 17.2 Å². The molecule has 0 saturated heterocycles. The zero-order valence-electron chi connectivity index (χ0n) is 14.8. The van der Waals surface area contributed by atoms with Gasteiger partial charge in [0, 0.05) is 5.56 Å². The maximum Gasteiger partial charge on any atom is 0.189 e. The van der Waals surface area contributed by atoms with Crippen LogP contribution in [0.15, 0.2) is 48.5 Å². The summed E-state index contributed by atoms with van der Waals surface area (Å²) < 4.78 is 11.2. The molecule has 0 saturated carbocycles. The number of phenols is 1. The molecule has 1 aliphatic rings. The van der Waals surface area contributed by atoms with Gasteiger partial charge in [0.2, 0.25) is 0 Å². The van der Waals surface area contributed by atoms with Gasteiger partial charge in [-0.1, -0.05) is 12.1 Å². The Labute approximate surface area is 157 Å². The fraction of sp³-hybridized carbons (Fsp3) is 0.211. The highest BCUT2D eigenvalue weighted by Gasteiger charge is 2.27. The summed E-state index contributed by atoms with van der Waals surface area (Å²) in [4.78, 5) is 0. The van der Waals surface area contributed by atoms with Crippen LogP contribution in [0.1, 0.15) is 19.4 Å². The molecule has 136 valence electrons. The van der Waals surface area contributed by atoms with Gasteiger partial charge in [0.05, 0.1) is 18.5 Å².